The Bertz CT molecular complexity index is 854. The van der Waals surface area contributed by atoms with Crippen molar-refractivity contribution >= 4 is 23.0 Å². The highest BCUT2D eigenvalue weighted by Gasteiger charge is 2.06. The van der Waals surface area contributed by atoms with Crippen LogP contribution < -0.4 is 5.43 Å². The molecule has 1 heterocycles. The first-order valence-corrected chi connectivity index (χ1v) is 7.35. The van der Waals surface area contributed by atoms with E-state index in [1.54, 1.807) is 18.2 Å². The fourth-order valence-corrected chi connectivity index (χ4v) is 2.40. The highest BCUT2D eigenvalue weighted by atomic mass is 19.1. The highest BCUT2D eigenvalue weighted by molar-refractivity contribution is 5.85. The molecule has 0 aliphatic carbocycles. The van der Waals surface area contributed by atoms with E-state index in [0.717, 1.165) is 16.5 Å². The number of aromatic nitrogens is 1. The summed E-state index contributed by atoms with van der Waals surface area (Å²) in [6.45, 7) is 0. The average molecular weight is 309 g/mol. The maximum Gasteiger partial charge on any atom is 0.240 e. The maximum absolute atomic E-state index is 13.4. The Morgan fingerprint density at radius 1 is 1.17 bits per heavy atom. The number of carbonyl (C=O) groups is 1. The Morgan fingerprint density at radius 3 is 2.83 bits per heavy atom. The first-order chi connectivity index (χ1) is 11.2. The number of carbonyl (C=O) groups excluding carboxylic acids is 1. The van der Waals surface area contributed by atoms with E-state index in [0.29, 0.717) is 18.4 Å². The first kappa shape index (κ1) is 15.0. The van der Waals surface area contributed by atoms with Gasteiger partial charge in [-0.15, -0.1) is 0 Å². The number of nitrogens with one attached hydrogen (secondary N) is 2. The fraction of sp³-hybridized carbons (Fsp3) is 0.111. The number of aromatic amines is 1. The van der Waals surface area contributed by atoms with Crippen molar-refractivity contribution in [2.24, 2.45) is 5.10 Å². The molecule has 0 saturated heterocycles. The zero-order chi connectivity index (χ0) is 16.1. The second kappa shape index (κ2) is 6.87. The van der Waals surface area contributed by atoms with Gasteiger partial charge in [0, 0.05) is 29.1 Å². The van der Waals surface area contributed by atoms with Crippen LogP contribution in [-0.2, 0) is 11.2 Å². The molecule has 0 radical (unpaired) electrons. The number of nitrogens with zero attached hydrogens (tertiary/aromatic N) is 1. The highest BCUT2D eigenvalue weighted by Crippen LogP contribution is 2.18. The van der Waals surface area contributed by atoms with Crippen molar-refractivity contribution in [2.75, 3.05) is 0 Å². The Morgan fingerprint density at radius 2 is 1.96 bits per heavy atom. The Hall–Kier alpha value is -2.95. The molecule has 0 unspecified atom stereocenters. The van der Waals surface area contributed by atoms with Gasteiger partial charge in [-0.05, 0) is 24.1 Å². The van der Waals surface area contributed by atoms with E-state index in [9.17, 15) is 9.18 Å². The van der Waals surface area contributed by atoms with Crippen LogP contribution >= 0.6 is 0 Å². The Balaban J connectivity index is 1.55. The van der Waals surface area contributed by atoms with Gasteiger partial charge in [0.15, 0.2) is 0 Å². The quantitative estimate of drug-likeness (QED) is 0.551. The van der Waals surface area contributed by atoms with Gasteiger partial charge in [0.25, 0.3) is 0 Å². The molecule has 0 bridgehead atoms. The summed E-state index contributed by atoms with van der Waals surface area (Å²) in [5.41, 5.74) is 4.91. The van der Waals surface area contributed by atoms with Crippen LogP contribution in [0.4, 0.5) is 4.39 Å². The third kappa shape index (κ3) is 3.63. The number of aryl methyl sites for hydroxylation is 1. The van der Waals surface area contributed by atoms with Crippen LogP contribution in [-0.4, -0.2) is 17.1 Å². The summed E-state index contributed by atoms with van der Waals surface area (Å²) in [4.78, 5) is 15.0. The van der Waals surface area contributed by atoms with Gasteiger partial charge >= 0.3 is 0 Å². The van der Waals surface area contributed by atoms with E-state index in [1.165, 1.54) is 12.3 Å². The molecule has 0 aliphatic heterocycles. The van der Waals surface area contributed by atoms with E-state index in [4.69, 9.17) is 0 Å². The van der Waals surface area contributed by atoms with E-state index in [1.807, 2.05) is 30.5 Å². The number of halogens is 1. The molecule has 4 nitrogen and oxygen atoms in total. The van der Waals surface area contributed by atoms with Gasteiger partial charge in [0.2, 0.25) is 5.91 Å². The fourth-order valence-electron chi connectivity index (χ4n) is 2.40. The second-order valence-corrected chi connectivity index (χ2v) is 5.17. The molecule has 0 spiro atoms. The molecule has 23 heavy (non-hydrogen) atoms. The van der Waals surface area contributed by atoms with E-state index >= 15 is 0 Å². The smallest absolute Gasteiger partial charge is 0.240 e. The number of amides is 1. The lowest BCUT2D eigenvalue weighted by atomic mass is 10.1. The summed E-state index contributed by atoms with van der Waals surface area (Å²) < 4.78 is 13.4. The first-order valence-electron chi connectivity index (χ1n) is 7.35. The maximum atomic E-state index is 13.4. The van der Waals surface area contributed by atoms with Crippen LogP contribution in [0.5, 0.6) is 0 Å². The lowest BCUT2D eigenvalue weighted by Gasteiger charge is -2.00. The molecule has 1 aromatic heterocycles. The number of fused-ring (bicyclic) bond motifs is 1. The van der Waals surface area contributed by atoms with Gasteiger partial charge < -0.3 is 4.98 Å². The summed E-state index contributed by atoms with van der Waals surface area (Å²) in [5.74, 6) is -0.577. The summed E-state index contributed by atoms with van der Waals surface area (Å²) in [6.07, 6.45) is 4.15. The van der Waals surface area contributed by atoms with Crippen molar-refractivity contribution in [3.05, 3.63) is 71.7 Å². The number of hydrogen-bond donors (Lipinski definition) is 2. The number of rotatable bonds is 5. The normalized spacial score (nSPS) is 11.2. The largest absolute Gasteiger partial charge is 0.361 e. The van der Waals surface area contributed by atoms with Gasteiger partial charge in [-0.2, -0.15) is 5.10 Å². The Kier molecular flexibility index (Phi) is 4.47. The lowest BCUT2D eigenvalue weighted by molar-refractivity contribution is -0.121. The molecule has 0 saturated carbocycles. The topological polar surface area (TPSA) is 57.2 Å². The van der Waals surface area contributed by atoms with Crippen molar-refractivity contribution in [1.82, 2.24) is 10.4 Å². The molecule has 0 atom stereocenters. The zero-order valence-corrected chi connectivity index (χ0v) is 12.4. The third-order valence-electron chi connectivity index (χ3n) is 3.59. The Labute approximate surface area is 133 Å². The van der Waals surface area contributed by atoms with Crippen LogP contribution in [0.3, 0.4) is 0 Å². The summed E-state index contributed by atoms with van der Waals surface area (Å²) >= 11 is 0. The van der Waals surface area contributed by atoms with Crippen molar-refractivity contribution in [1.29, 1.82) is 0 Å². The second-order valence-electron chi connectivity index (χ2n) is 5.17. The SMILES string of the molecule is O=C(CCc1c[nH]c2ccccc12)N/N=C/c1ccccc1F. The van der Waals surface area contributed by atoms with Crippen molar-refractivity contribution in [3.63, 3.8) is 0 Å². The molecule has 1 amide bonds. The van der Waals surface area contributed by atoms with Gasteiger partial charge in [0.05, 0.1) is 6.21 Å². The third-order valence-corrected chi connectivity index (χ3v) is 3.59. The van der Waals surface area contributed by atoms with Crippen molar-refractivity contribution in [3.8, 4) is 0 Å². The van der Waals surface area contributed by atoms with Crippen molar-refractivity contribution in [2.45, 2.75) is 12.8 Å². The minimum absolute atomic E-state index is 0.206. The molecular formula is C18H16FN3O. The number of H-pyrrole nitrogens is 1. The van der Waals surface area contributed by atoms with E-state index in [2.05, 4.69) is 15.5 Å². The molecular weight excluding hydrogens is 293 g/mol. The summed E-state index contributed by atoms with van der Waals surface area (Å²) in [6, 6.07) is 14.2. The lowest BCUT2D eigenvalue weighted by Crippen LogP contribution is -2.17. The minimum atomic E-state index is -0.371. The minimum Gasteiger partial charge on any atom is -0.361 e. The number of hydrazone groups is 1. The molecule has 0 aliphatic rings. The van der Waals surface area contributed by atoms with Gasteiger partial charge in [0.1, 0.15) is 5.82 Å². The van der Waals surface area contributed by atoms with Gasteiger partial charge in [-0.25, -0.2) is 9.82 Å². The molecule has 2 N–H and O–H groups in total. The zero-order valence-electron chi connectivity index (χ0n) is 12.4. The predicted octanol–water partition coefficient (Wildman–Crippen LogP) is 3.39. The molecule has 116 valence electrons. The molecule has 3 aromatic rings. The average Bonchev–Trinajstić information content (AvgIpc) is 2.98. The predicted molar refractivity (Wildman–Crippen MR) is 88.8 cm³/mol. The van der Waals surface area contributed by atoms with E-state index in [-0.39, 0.29) is 11.7 Å². The van der Waals surface area contributed by atoms with Crippen LogP contribution in [0.2, 0.25) is 0 Å². The number of para-hydroxylation sites is 1. The standard InChI is InChI=1S/C18H16FN3O/c19-16-7-3-1-5-14(16)12-21-22-18(23)10-9-13-11-20-17-8-4-2-6-15(13)17/h1-8,11-12,20H,9-10H2,(H,22,23)/b21-12+. The molecule has 0 fully saturated rings. The van der Waals surface area contributed by atoms with Crippen LogP contribution in [0, 0.1) is 5.82 Å². The monoisotopic (exact) mass is 309 g/mol. The molecule has 5 heteroatoms. The van der Waals surface area contributed by atoms with Gasteiger partial charge in [-0.1, -0.05) is 36.4 Å². The van der Waals surface area contributed by atoms with E-state index < -0.39 is 0 Å². The summed E-state index contributed by atoms with van der Waals surface area (Å²) in [5, 5.41) is 4.91. The van der Waals surface area contributed by atoms with Crippen LogP contribution in [0.1, 0.15) is 17.5 Å². The van der Waals surface area contributed by atoms with Crippen LogP contribution in [0.25, 0.3) is 10.9 Å². The number of benzene rings is 2. The molecule has 3 rings (SSSR count). The molecule has 2 aromatic carbocycles. The number of hydrogen-bond acceptors (Lipinski definition) is 2. The van der Waals surface area contributed by atoms with Crippen molar-refractivity contribution < 1.29 is 9.18 Å². The van der Waals surface area contributed by atoms with Crippen LogP contribution in [0.15, 0.2) is 59.8 Å². The summed E-state index contributed by atoms with van der Waals surface area (Å²) in [7, 11) is 0. The van der Waals surface area contributed by atoms with Gasteiger partial charge in [-0.3, -0.25) is 4.79 Å².